The number of hydrogen-bond acceptors (Lipinski definition) is 3. The Hall–Kier alpha value is -2.10. The summed E-state index contributed by atoms with van der Waals surface area (Å²) in [4.78, 5) is 22.5. The molecule has 1 rings (SSSR count). The predicted octanol–water partition coefficient (Wildman–Crippen LogP) is 3.53. The number of ether oxygens (including phenoxy) is 1. The maximum absolute atomic E-state index is 11.8. The molecule has 1 N–H and O–H groups in total. The quantitative estimate of drug-likeness (QED) is 0.582. The highest BCUT2D eigenvalue weighted by atomic mass is 16.5. The molecule has 0 fully saturated rings. The molecule has 0 heterocycles. The van der Waals surface area contributed by atoms with Gasteiger partial charge in [0.1, 0.15) is 0 Å². The third-order valence-corrected chi connectivity index (χ3v) is 3.17. The molecule has 0 aliphatic carbocycles. The molecule has 4 heteroatoms. The molecule has 0 aliphatic heterocycles. The van der Waals surface area contributed by atoms with Crippen molar-refractivity contribution in [3.8, 4) is 0 Å². The minimum Gasteiger partial charge on any atom is -0.478 e. The van der Waals surface area contributed by atoms with Crippen molar-refractivity contribution in [3.05, 3.63) is 48.0 Å². The standard InChI is InChI=1S/C16H20O4/c1-3-5-6-12(4-2)11-20-16(19)14-9-7-13(8-10-14)15(17)18/h3,7-10,12H,1,4-6,11H2,2H3,(H,17,18). The minimum absolute atomic E-state index is 0.152. The first-order valence-corrected chi connectivity index (χ1v) is 6.69. The molecule has 20 heavy (non-hydrogen) atoms. The van der Waals surface area contributed by atoms with Crippen LogP contribution in [-0.2, 0) is 4.74 Å². The van der Waals surface area contributed by atoms with Gasteiger partial charge in [0.05, 0.1) is 17.7 Å². The first-order valence-electron chi connectivity index (χ1n) is 6.69. The minimum atomic E-state index is -1.01. The zero-order valence-corrected chi connectivity index (χ0v) is 11.7. The van der Waals surface area contributed by atoms with E-state index in [1.807, 2.05) is 6.08 Å². The van der Waals surface area contributed by atoms with E-state index in [0.717, 1.165) is 19.3 Å². The number of esters is 1. The Bertz CT molecular complexity index is 462. The molecule has 1 atom stereocenters. The Kier molecular flexibility index (Phi) is 6.50. The Balaban J connectivity index is 2.53. The molecule has 108 valence electrons. The fourth-order valence-corrected chi connectivity index (χ4v) is 1.78. The first-order chi connectivity index (χ1) is 9.58. The second-order valence-electron chi connectivity index (χ2n) is 4.62. The number of aromatic carboxylic acids is 1. The van der Waals surface area contributed by atoms with Gasteiger partial charge in [-0.05, 0) is 43.0 Å². The second-order valence-corrected chi connectivity index (χ2v) is 4.62. The van der Waals surface area contributed by atoms with Crippen LogP contribution >= 0.6 is 0 Å². The van der Waals surface area contributed by atoms with Gasteiger partial charge in [0, 0.05) is 0 Å². The van der Waals surface area contributed by atoms with Crippen LogP contribution in [-0.4, -0.2) is 23.7 Å². The molecule has 0 saturated heterocycles. The van der Waals surface area contributed by atoms with Gasteiger partial charge in [-0.1, -0.05) is 19.4 Å². The lowest BCUT2D eigenvalue weighted by molar-refractivity contribution is 0.0429. The van der Waals surface area contributed by atoms with Gasteiger partial charge in [-0.3, -0.25) is 0 Å². The van der Waals surface area contributed by atoms with E-state index in [1.165, 1.54) is 24.3 Å². The molecule has 0 radical (unpaired) electrons. The monoisotopic (exact) mass is 276 g/mol. The van der Waals surface area contributed by atoms with E-state index in [1.54, 1.807) is 0 Å². The van der Waals surface area contributed by atoms with E-state index in [0.29, 0.717) is 18.1 Å². The molecule has 0 spiro atoms. The highest BCUT2D eigenvalue weighted by Crippen LogP contribution is 2.13. The number of carbonyl (C=O) groups is 2. The maximum Gasteiger partial charge on any atom is 0.338 e. The summed E-state index contributed by atoms with van der Waals surface area (Å²) < 4.78 is 5.26. The SMILES string of the molecule is C=CCCC(CC)COC(=O)c1ccc(C(=O)O)cc1. The molecule has 4 nitrogen and oxygen atoms in total. The zero-order chi connectivity index (χ0) is 15.0. The van der Waals surface area contributed by atoms with Gasteiger partial charge >= 0.3 is 11.9 Å². The van der Waals surface area contributed by atoms with Crippen LogP contribution in [0.4, 0.5) is 0 Å². The summed E-state index contributed by atoms with van der Waals surface area (Å²) in [5.74, 6) is -1.10. The third-order valence-electron chi connectivity index (χ3n) is 3.17. The van der Waals surface area contributed by atoms with Gasteiger partial charge in [-0.25, -0.2) is 9.59 Å². The molecule has 0 saturated carbocycles. The number of carboxylic acids is 1. The van der Waals surface area contributed by atoms with Gasteiger partial charge < -0.3 is 9.84 Å². The molecule has 0 bridgehead atoms. The molecule has 0 aromatic heterocycles. The van der Waals surface area contributed by atoms with Gasteiger partial charge in [-0.15, -0.1) is 6.58 Å². The lowest BCUT2D eigenvalue weighted by Crippen LogP contribution is -2.14. The van der Waals surface area contributed by atoms with Crippen molar-refractivity contribution in [3.63, 3.8) is 0 Å². The molecule has 1 aromatic carbocycles. The average molecular weight is 276 g/mol. The first kappa shape index (κ1) is 16.0. The van der Waals surface area contributed by atoms with Crippen LogP contribution in [0.5, 0.6) is 0 Å². The molecule has 1 aromatic rings. The molecular weight excluding hydrogens is 256 g/mol. The van der Waals surface area contributed by atoms with Crippen molar-refractivity contribution in [2.45, 2.75) is 26.2 Å². The number of carboxylic acid groups (broad SMARTS) is 1. The average Bonchev–Trinajstić information content (AvgIpc) is 2.47. The van der Waals surface area contributed by atoms with Crippen molar-refractivity contribution >= 4 is 11.9 Å². The van der Waals surface area contributed by atoms with Crippen LogP contribution in [0.25, 0.3) is 0 Å². The van der Waals surface area contributed by atoms with Crippen LogP contribution < -0.4 is 0 Å². The predicted molar refractivity (Wildman–Crippen MR) is 76.9 cm³/mol. The van der Waals surface area contributed by atoms with Crippen molar-refractivity contribution < 1.29 is 19.4 Å². The van der Waals surface area contributed by atoms with Crippen molar-refractivity contribution in [1.29, 1.82) is 0 Å². The summed E-state index contributed by atoms with van der Waals surface area (Å²) in [5, 5.41) is 8.78. The van der Waals surface area contributed by atoms with Crippen LogP contribution in [0.1, 0.15) is 46.9 Å². The Morgan fingerprint density at radius 3 is 2.40 bits per heavy atom. The van der Waals surface area contributed by atoms with E-state index in [4.69, 9.17) is 9.84 Å². The van der Waals surface area contributed by atoms with E-state index in [9.17, 15) is 9.59 Å². The maximum atomic E-state index is 11.8. The van der Waals surface area contributed by atoms with Gasteiger partial charge in [0.25, 0.3) is 0 Å². The molecule has 0 aliphatic rings. The van der Waals surface area contributed by atoms with Crippen LogP contribution in [0.3, 0.4) is 0 Å². The lowest BCUT2D eigenvalue weighted by Gasteiger charge is -2.14. The van der Waals surface area contributed by atoms with Crippen LogP contribution in [0.2, 0.25) is 0 Å². The smallest absolute Gasteiger partial charge is 0.338 e. The van der Waals surface area contributed by atoms with E-state index in [-0.39, 0.29) is 5.56 Å². The number of benzene rings is 1. The number of hydrogen-bond donors (Lipinski definition) is 1. The summed E-state index contributed by atoms with van der Waals surface area (Å²) in [6.45, 7) is 6.11. The summed E-state index contributed by atoms with van der Waals surface area (Å²) in [7, 11) is 0. The summed E-state index contributed by atoms with van der Waals surface area (Å²) in [6.07, 6.45) is 4.66. The largest absolute Gasteiger partial charge is 0.478 e. The molecule has 0 amide bonds. The summed E-state index contributed by atoms with van der Waals surface area (Å²) in [5.41, 5.74) is 0.521. The highest BCUT2D eigenvalue weighted by Gasteiger charge is 2.12. The Labute approximate surface area is 119 Å². The highest BCUT2D eigenvalue weighted by molar-refractivity contribution is 5.92. The fraction of sp³-hybridized carbons (Fsp3) is 0.375. The lowest BCUT2D eigenvalue weighted by atomic mass is 10.0. The van der Waals surface area contributed by atoms with Crippen molar-refractivity contribution in [1.82, 2.24) is 0 Å². The van der Waals surface area contributed by atoms with Gasteiger partial charge in [-0.2, -0.15) is 0 Å². The van der Waals surface area contributed by atoms with Crippen molar-refractivity contribution in [2.75, 3.05) is 6.61 Å². The van der Waals surface area contributed by atoms with E-state index < -0.39 is 11.9 Å². The van der Waals surface area contributed by atoms with Crippen molar-refractivity contribution in [2.24, 2.45) is 5.92 Å². The number of rotatable bonds is 8. The molecule has 1 unspecified atom stereocenters. The van der Waals surface area contributed by atoms with Crippen LogP contribution in [0, 0.1) is 5.92 Å². The third kappa shape index (κ3) is 4.88. The van der Waals surface area contributed by atoms with Gasteiger partial charge in [0.15, 0.2) is 0 Å². The summed E-state index contributed by atoms with van der Waals surface area (Å²) >= 11 is 0. The summed E-state index contributed by atoms with van der Waals surface area (Å²) in [6, 6.07) is 5.73. The topological polar surface area (TPSA) is 63.6 Å². The normalized spacial score (nSPS) is 11.7. The number of carbonyl (C=O) groups excluding carboxylic acids is 1. The fourth-order valence-electron chi connectivity index (χ4n) is 1.78. The van der Waals surface area contributed by atoms with Gasteiger partial charge in [0.2, 0.25) is 0 Å². The van der Waals surface area contributed by atoms with E-state index in [2.05, 4.69) is 13.5 Å². The van der Waals surface area contributed by atoms with Crippen LogP contribution in [0.15, 0.2) is 36.9 Å². The molecular formula is C16H20O4. The second kappa shape index (κ2) is 8.15. The van der Waals surface area contributed by atoms with E-state index >= 15 is 0 Å². The Morgan fingerprint density at radius 1 is 1.30 bits per heavy atom. The number of allylic oxidation sites excluding steroid dienone is 1. The zero-order valence-electron chi connectivity index (χ0n) is 11.7. The Morgan fingerprint density at radius 2 is 1.90 bits per heavy atom.